The lowest BCUT2D eigenvalue weighted by molar-refractivity contribution is -0.134. The van der Waals surface area contributed by atoms with Gasteiger partial charge in [-0.15, -0.1) is 0 Å². The number of rotatable bonds is 8. The number of anilines is 1. The second-order valence-corrected chi connectivity index (χ2v) is 9.25. The number of urea groups is 1. The number of nitrogens with zero attached hydrogens (tertiary/aromatic N) is 1. The van der Waals surface area contributed by atoms with Gasteiger partial charge in [0.25, 0.3) is 5.91 Å². The molecular formula is C26H23FIN3O5. The number of methoxy groups -OCH3 is 2. The summed E-state index contributed by atoms with van der Waals surface area (Å²) in [6, 6.07) is 15.1. The first-order valence-corrected chi connectivity index (χ1v) is 12.1. The van der Waals surface area contributed by atoms with E-state index >= 15 is 0 Å². The minimum Gasteiger partial charge on any atom is -0.497 e. The molecule has 1 saturated heterocycles. The van der Waals surface area contributed by atoms with E-state index in [1.165, 1.54) is 26.4 Å². The fourth-order valence-electron chi connectivity index (χ4n) is 4.00. The van der Waals surface area contributed by atoms with Gasteiger partial charge in [-0.05, 0) is 70.1 Å². The van der Waals surface area contributed by atoms with Crippen LogP contribution < -0.4 is 20.1 Å². The van der Waals surface area contributed by atoms with Gasteiger partial charge in [-0.2, -0.15) is 0 Å². The summed E-state index contributed by atoms with van der Waals surface area (Å²) in [5.41, 5.74) is 1.10. The fourth-order valence-corrected chi connectivity index (χ4v) is 4.45. The summed E-state index contributed by atoms with van der Waals surface area (Å²) in [7, 11) is 3.01. The Hall–Kier alpha value is -3.67. The van der Waals surface area contributed by atoms with Crippen molar-refractivity contribution >= 4 is 46.1 Å². The van der Waals surface area contributed by atoms with Crippen molar-refractivity contribution in [1.29, 1.82) is 0 Å². The lowest BCUT2D eigenvalue weighted by Gasteiger charge is -2.25. The van der Waals surface area contributed by atoms with Gasteiger partial charge in [-0.25, -0.2) is 14.1 Å². The second kappa shape index (κ2) is 10.9. The summed E-state index contributed by atoms with van der Waals surface area (Å²) in [6.45, 7) is 0. The zero-order valence-electron chi connectivity index (χ0n) is 19.5. The Bertz CT molecular complexity index is 1300. The van der Waals surface area contributed by atoms with Crippen molar-refractivity contribution < 1.29 is 28.2 Å². The number of para-hydroxylation sites is 1. The summed E-state index contributed by atoms with van der Waals surface area (Å²) in [5, 5.41) is 5.18. The highest BCUT2D eigenvalue weighted by Gasteiger charge is 2.45. The number of imide groups is 1. The van der Waals surface area contributed by atoms with Crippen LogP contribution in [-0.4, -0.2) is 43.0 Å². The van der Waals surface area contributed by atoms with E-state index < -0.39 is 35.7 Å². The van der Waals surface area contributed by atoms with Crippen LogP contribution in [0.1, 0.15) is 17.2 Å². The molecule has 4 rings (SSSR count). The van der Waals surface area contributed by atoms with Gasteiger partial charge >= 0.3 is 6.03 Å². The maximum Gasteiger partial charge on any atom is 0.325 e. The van der Waals surface area contributed by atoms with Crippen molar-refractivity contribution in [2.75, 3.05) is 19.5 Å². The van der Waals surface area contributed by atoms with Gasteiger partial charge in [0.05, 0.1) is 19.9 Å². The SMILES string of the molecule is COc1ccc([C@H]2NC(=O)N([C@@H](Cc3ccccc3OC)C(=O)Nc3ccc(I)cc3F)C2=O)cc1. The average Bonchev–Trinajstić information content (AvgIpc) is 3.17. The molecule has 0 spiro atoms. The quantitative estimate of drug-likeness (QED) is 0.296. The number of hydrogen-bond acceptors (Lipinski definition) is 5. The summed E-state index contributed by atoms with van der Waals surface area (Å²) in [4.78, 5) is 40.8. The van der Waals surface area contributed by atoms with Gasteiger partial charge in [0, 0.05) is 9.99 Å². The summed E-state index contributed by atoms with van der Waals surface area (Å²) < 4.78 is 25.7. The first-order valence-electron chi connectivity index (χ1n) is 11.0. The minimum atomic E-state index is -1.27. The van der Waals surface area contributed by atoms with E-state index in [1.54, 1.807) is 54.6 Å². The molecule has 0 saturated carbocycles. The largest absolute Gasteiger partial charge is 0.497 e. The van der Waals surface area contributed by atoms with E-state index in [2.05, 4.69) is 10.6 Å². The number of benzene rings is 3. The number of halogens is 2. The van der Waals surface area contributed by atoms with Gasteiger partial charge in [0.1, 0.15) is 29.4 Å². The molecule has 0 bridgehead atoms. The Morgan fingerprint density at radius 3 is 2.47 bits per heavy atom. The zero-order chi connectivity index (χ0) is 25.8. The maximum atomic E-state index is 14.5. The van der Waals surface area contributed by atoms with Crippen molar-refractivity contribution in [3.05, 3.63) is 87.2 Å². The normalized spacial score (nSPS) is 15.9. The lowest BCUT2D eigenvalue weighted by Crippen LogP contribution is -2.49. The molecule has 10 heteroatoms. The number of ether oxygens (including phenoxy) is 2. The molecule has 1 aliphatic rings. The van der Waals surface area contributed by atoms with Gasteiger partial charge in [0.15, 0.2) is 0 Å². The lowest BCUT2D eigenvalue weighted by atomic mass is 10.0. The van der Waals surface area contributed by atoms with Crippen LogP contribution in [-0.2, 0) is 16.0 Å². The highest BCUT2D eigenvalue weighted by atomic mass is 127. The van der Waals surface area contributed by atoms with Crippen molar-refractivity contribution in [3.8, 4) is 11.5 Å². The highest BCUT2D eigenvalue weighted by Crippen LogP contribution is 2.29. The topological polar surface area (TPSA) is 97.0 Å². The molecule has 3 aromatic rings. The monoisotopic (exact) mass is 603 g/mol. The standard InChI is InChI=1S/C26H23FIN3O5/c1-35-18-10-7-15(8-11-18)23-25(33)31(26(34)30-23)21(13-16-5-3-4-6-22(16)36-2)24(32)29-20-12-9-17(28)14-19(20)27/h3-12,14,21,23H,13H2,1-2H3,(H,29,32)(H,30,34)/t21-,23+/m0/s1. The Kier molecular flexibility index (Phi) is 7.73. The third-order valence-electron chi connectivity index (χ3n) is 5.83. The van der Waals surface area contributed by atoms with Gasteiger partial charge < -0.3 is 20.1 Å². The van der Waals surface area contributed by atoms with Gasteiger partial charge in [-0.3, -0.25) is 9.59 Å². The molecule has 186 valence electrons. The molecule has 8 nitrogen and oxygen atoms in total. The number of hydrogen-bond donors (Lipinski definition) is 2. The first-order chi connectivity index (χ1) is 17.3. The Balaban J connectivity index is 1.67. The van der Waals surface area contributed by atoms with Crippen LogP contribution in [0.4, 0.5) is 14.9 Å². The van der Waals surface area contributed by atoms with Crippen LogP contribution in [0.5, 0.6) is 11.5 Å². The molecule has 36 heavy (non-hydrogen) atoms. The van der Waals surface area contributed by atoms with E-state index in [4.69, 9.17) is 9.47 Å². The van der Waals surface area contributed by atoms with Crippen molar-refractivity contribution in [2.24, 2.45) is 0 Å². The summed E-state index contributed by atoms with van der Waals surface area (Å²) >= 11 is 1.96. The third kappa shape index (κ3) is 5.27. The highest BCUT2D eigenvalue weighted by molar-refractivity contribution is 14.1. The number of nitrogens with one attached hydrogen (secondary N) is 2. The van der Waals surface area contributed by atoms with Crippen molar-refractivity contribution in [2.45, 2.75) is 18.5 Å². The first kappa shape index (κ1) is 25.4. The van der Waals surface area contributed by atoms with E-state index in [0.29, 0.717) is 26.2 Å². The Labute approximate surface area is 220 Å². The summed E-state index contributed by atoms with van der Waals surface area (Å²) in [6.07, 6.45) is -0.0314. The summed E-state index contributed by atoms with van der Waals surface area (Å²) in [5.74, 6) is -0.836. The predicted octanol–water partition coefficient (Wildman–Crippen LogP) is 4.29. The number of carbonyl (C=O) groups excluding carboxylic acids is 3. The molecule has 0 aliphatic carbocycles. The predicted molar refractivity (Wildman–Crippen MR) is 139 cm³/mol. The molecule has 2 atom stereocenters. The minimum absolute atomic E-state index is 0.0314. The molecule has 0 radical (unpaired) electrons. The van der Waals surface area contributed by atoms with Crippen LogP contribution in [0.15, 0.2) is 66.7 Å². The van der Waals surface area contributed by atoms with E-state index in [1.807, 2.05) is 22.6 Å². The molecule has 1 aliphatic heterocycles. The Morgan fingerprint density at radius 1 is 1.08 bits per heavy atom. The molecular weight excluding hydrogens is 580 g/mol. The molecule has 1 fully saturated rings. The van der Waals surface area contributed by atoms with Crippen LogP contribution in [0.2, 0.25) is 0 Å². The second-order valence-electron chi connectivity index (χ2n) is 8.01. The zero-order valence-corrected chi connectivity index (χ0v) is 21.6. The van der Waals surface area contributed by atoms with Gasteiger partial charge in [-0.1, -0.05) is 30.3 Å². The molecule has 0 aromatic heterocycles. The van der Waals surface area contributed by atoms with Crippen LogP contribution in [0.3, 0.4) is 0 Å². The molecule has 0 unspecified atom stereocenters. The molecule has 1 heterocycles. The van der Waals surface area contributed by atoms with Crippen molar-refractivity contribution in [1.82, 2.24) is 10.2 Å². The smallest absolute Gasteiger partial charge is 0.325 e. The van der Waals surface area contributed by atoms with Crippen LogP contribution >= 0.6 is 22.6 Å². The Morgan fingerprint density at radius 2 is 1.81 bits per heavy atom. The van der Waals surface area contributed by atoms with Crippen molar-refractivity contribution in [3.63, 3.8) is 0 Å². The van der Waals surface area contributed by atoms with Crippen LogP contribution in [0, 0.1) is 9.39 Å². The third-order valence-corrected chi connectivity index (χ3v) is 6.50. The van der Waals surface area contributed by atoms with E-state index in [0.717, 1.165) is 4.90 Å². The van der Waals surface area contributed by atoms with Gasteiger partial charge in [0.2, 0.25) is 5.91 Å². The average molecular weight is 603 g/mol. The van der Waals surface area contributed by atoms with E-state index in [9.17, 15) is 18.8 Å². The number of amides is 4. The van der Waals surface area contributed by atoms with Crippen LogP contribution in [0.25, 0.3) is 0 Å². The number of carbonyl (C=O) groups is 3. The molecule has 4 amide bonds. The fraction of sp³-hybridized carbons (Fsp3) is 0.192. The molecule has 2 N–H and O–H groups in total. The molecule has 3 aromatic carbocycles. The maximum absolute atomic E-state index is 14.5. The van der Waals surface area contributed by atoms with E-state index in [-0.39, 0.29) is 12.1 Å².